The Hall–Kier alpha value is -1.35. The molecule has 0 saturated heterocycles. The lowest BCUT2D eigenvalue weighted by molar-refractivity contribution is -0.122. The summed E-state index contributed by atoms with van der Waals surface area (Å²) in [5, 5.41) is 6.36. The minimum atomic E-state index is -0.132. The average molecular weight is 262 g/mol. The first-order valence-corrected chi connectivity index (χ1v) is 7.08. The number of benzene rings is 1. The zero-order valence-corrected chi connectivity index (χ0v) is 12.5. The number of carbonyl (C=O) groups excluding carboxylic acids is 1. The smallest absolute Gasteiger partial charge is 0.234 e. The molecule has 1 atom stereocenters. The third kappa shape index (κ3) is 5.43. The minimum absolute atomic E-state index is 0.0567. The zero-order valence-electron chi connectivity index (χ0n) is 12.5. The van der Waals surface area contributed by atoms with Crippen molar-refractivity contribution in [1.82, 2.24) is 10.6 Å². The molecule has 0 radical (unpaired) electrons. The van der Waals surface area contributed by atoms with E-state index in [1.54, 1.807) is 0 Å². The quantitative estimate of drug-likeness (QED) is 0.793. The van der Waals surface area contributed by atoms with E-state index in [9.17, 15) is 4.79 Å². The summed E-state index contributed by atoms with van der Waals surface area (Å²) in [5.41, 5.74) is 1.10. The molecule has 106 valence electrons. The fourth-order valence-corrected chi connectivity index (χ4v) is 1.91. The molecule has 0 aliphatic heterocycles. The SMILES string of the molecule is CCC(NCC(=O)NC(C)(C)CC)c1ccccc1. The van der Waals surface area contributed by atoms with Gasteiger partial charge in [-0.1, -0.05) is 44.2 Å². The highest BCUT2D eigenvalue weighted by molar-refractivity contribution is 5.78. The van der Waals surface area contributed by atoms with Crippen LogP contribution in [0.25, 0.3) is 0 Å². The second-order valence-corrected chi connectivity index (χ2v) is 5.54. The van der Waals surface area contributed by atoms with Gasteiger partial charge in [0.25, 0.3) is 0 Å². The van der Waals surface area contributed by atoms with Crippen LogP contribution >= 0.6 is 0 Å². The van der Waals surface area contributed by atoms with Crippen LogP contribution in [-0.4, -0.2) is 18.0 Å². The summed E-state index contributed by atoms with van der Waals surface area (Å²) >= 11 is 0. The molecule has 3 heteroatoms. The van der Waals surface area contributed by atoms with Crippen LogP contribution in [0.2, 0.25) is 0 Å². The van der Waals surface area contributed by atoms with Gasteiger partial charge in [-0.25, -0.2) is 0 Å². The molecule has 19 heavy (non-hydrogen) atoms. The largest absolute Gasteiger partial charge is 0.350 e. The number of rotatable bonds is 7. The highest BCUT2D eigenvalue weighted by atomic mass is 16.2. The lowest BCUT2D eigenvalue weighted by atomic mass is 10.0. The summed E-state index contributed by atoms with van der Waals surface area (Å²) in [7, 11) is 0. The average Bonchev–Trinajstić information content (AvgIpc) is 2.40. The van der Waals surface area contributed by atoms with Crippen LogP contribution in [0.4, 0.5) is 0 Å². The van der Waals surface area contributed by atoms with Crippen molar-refractivity contribution in [2.24, 2.45) is 0 Å². The van der Waals surface area contributed by atoms with E-state index in [0.717, 1.165) is 12.8 Å². The Bertz CT molecular complexity index is 387. The van der Waals surface area contributed by atoms with Crippen molar-refractivity contribution in [2.45, 2.75) is 52.1 Å². The fourth-order valence-electron chi connectivity index (χ4n) is 1.91. The van der Waals surface area contributed by atoms with Gasteiger partial charge in [-0.05, 0) is 32.3 Å². The van der Waals surface area contributed by atoms with Gasteiger partial charge in [0.2, 0.25) is 5.91 Å². The van der Waals surface area contributed by atoms with Crippen LogP contribution < -0.4 is 10.6 Å². The molecule has 3 nitrogen and oxygen atoms in total. The molecular weight excluding hydrogens is 236 g/mol. The van der Waals surface area contributed by atoms with E-state index in [1.165, 1.54) is 5.56 Å². The Labute approximate surface area is 116 Å². The Balaban J connectivity index is 2.48. The first kappa shape index (κ1) is 15.7. The molecule has 1 unspecified atom stereocenters. The first-order valence-electron chi connectivity index (χ1n) is 7.08. The number of hydrogen-bond donors (Lipinski definition) is 2. The molecular formula is C16H26N2O. The van der Waals surface area contributed by atoms with Crippen LogP contribution in [-0.2, 0) is 4.79 Å². The maximum atomic E-state index is 11.9. The highest BCUT2D eigenvalue weighted by Gasteiger charge is 2.18. The highest BCUT2D eigenvalue weighted by Crippen LogP contribution is 2.15. The van der Waals surface area contributed by atoms with E-state index in [2.05, 4.69) is 36.6 Å². The Morgan fingerprint density at radius 1 is 1.21 bits per heavy atom. The van der Waals surface area contributed by atoms with Gasteiger partial charge in [0.1, 0.15) is 0 Å². The van der Waals surface area contributed by atoms with E-state index in [4.69, 9.17) is 0 Å². The molecule has 0 aromatic heterocycles. The third-order valence-corrected chi connectivity index (χ3v) is 3.48. The van der Waals surface area contributed by atoms with Crippen molar-refractivity contribution in [3.63, 3.8) is 0 Å². The van der Waals surface area contributed by atoms with Crippen LogP contribution in [0.5, 0.6) is 0 Å². The molecule has 0 spiro atoms. The van der Waals surface area contributed by atoms with Crippen LogP contribution in [0.15, 0.2) is 30.3 Å². The van der Waals surface area contributed by atoms with Gasteiger partial charge < -0.3 is 10.6 Å². The van der Waals surface area contributed by atoms with Crippen LogP contribution in [0, 0.1) is 0 Å². The summed E-state index contributed by atoms with van der Waals surface area (Å²) in [5.74, 6) is 0.0567. The van der Waals surface area contributed by atoms with Crippen LogP contribution in [0.1, 0.15) is 52.1 Å². The van der Waals surface area contributed by atoms with Crippen molar-refractivity contribution < 1.29 is 4.79 Å². The number of nitrogens with one attached hydrogen (secondary N) is 2. The predicted molar refractivity (Wildman–Crippen MR) is 80.0 cm³/mol. The van der Waals surface area contributed by atoms with Crippen LogP contribution in [0.3, 0.4) is 0 Å². The van der Waals surface area contributed by atoms with E-state index < -0.39 is 0 Å². The monoisotopic (exact) mass is 262 g/mol. The molecule has 2 N–H and O–H groups in total. The van der Waals surface area contributed by atoms with Crippen molar-refractivity contribution in [3.8, 4) is 0 Å². The van der Waals surface area contributed by atoms with E-state index in [1.807, 2.05) is 32.0 Å². The molecule has 0 bridgehead atoms. The third-order valence-electron chi connectivity index (χ3n) is 3.48. The van der Waals surface area contributed by atoms with E-state index in [0.29, 0.717) is 6.54 Å². The molecule has 0 fully saturated rings. The standard InChI is InChI=1S/C16H26N2O/c1-5-14(13-10-8-7-9-11-13)17-12-15(19)18-16(3,4)6-2/h7-11,14,17H,5-6,12H2,1-4H3,(H,18,19). The molecule has 1 aromatic rings. The Kier molecular flexibility index (Phi) is 6.03. The Morgan fingerprint density at radius 3 is 2.37 bits per heavy atom. The number of hydrogen-bond acceptors (Lipinski definition) is 2. The fraction of sp³-hybridized carbons (Fsp3) is 0.562. The van der Waals surface area contributed by atoms with Gasteiger partial charge in [0.05, 0.1) is 6.54 Å². The summed E-state index contributed by atoms with van der Waals surface area (Å²) in [6, 6.07) is 10.5. The number of carbonyl (C=O) groups is 1. The molecule has 1 aromatic carbocycles. The molecule has 0 aliphatic rings. The molecule has 1 rings (SSSR count). The van der Waals surface area contributed by atoms with E-state index in [-0.39, 0.29) is 17.5 Å². The van der Waals surface area contributed by atoms with Crippen molar-refractivity contribution >= 4 is 5.91 Å². The summed E-state index contributed by atoms with van der Waals surface area (Å²) in [4.78, 5) is 11.9. The normalized spacial score (nSPS) is 13.1. The predicted octanol–water partition coefficient (Wildman–Crippen LogP) is 3.03. The maximum absolute atomic E-state index is 11.9. The maximum Gasteiger partial charge on any atom is 0.234 e. The lowest BCUT2D eigenvalue weighted by Gasteiger charge is -2.25. The molecule has 1 amide bonds. The van der Waals surface area contributed by atoms with Crippen molar-refractivity contribution in [1.29, 1.82) is 0 Å². The first-order chi connectivity index (χ1) is 8.98. The van der Waals surface area contributed by atoms with Crippen molar-refractivity contribution in [3.05, 3.63) is 35.9 Å². The van der Waals surface area contributed by atoms with Gasteiger partial charge in [0, 0.05) is 11.6 Å². The van der Waals surface area contributed by atoms with Gasteiger partial charge in [0.15, 0.2) is 0 Å². The molecule has 0 heterocycles. The molecule has 0 saturated carbocycles. The summed E-state index contributed by atoms with van der Waals surface area (Å²) in [6.07, 6.45) is 1.89. The molecule has 0 aliphatic carbocycles. The zero-order chi connectivity index (χ0) is 14.3. The second kappa shape index (κ2) is 7.29. The Morgan fingerprint density at radius 2 is 1.84 bits per heavy atom. The van der Waals surface area contributed by atoms with Gasteiger partial charge in [-0.3, -0.25) is 4.79 Å². The van der Waals surface area contributed by atoms with Crippen molar-refractivity contribution in [2.75, 3.05) is 6.54 Å². The minimum Gasteiger partial charge on any atom is -0.350 e. The lowest BCUT2D eigenvalue weighted by Crippen LogP contribution is -2.46. The van der Waals surface area contributed by atoms with Gasteiger partial charge in [-0.15, -0.1) is 0 Å². The number of amides is 1. The topological polar surface area (TPSA) is 41.1 Å². The van der Waals surface area contributed by atoms with Gasteiger partial charge in [-0.2, -0.15) is 0 Å². The van der Waals surface area contributed by atoms with Gasteiger partial charge >= 0.3 is 0 Å². The second-order valence-electron chi connectivity index (χ2n) is 5.54. The summed E-state index contributed by atoms with van der Waals surface area (Å²) < 4.78 is 0. The summed E-state index contributed by atoms with van der Waals surface area (Å²) in [6.45, 7) is 8.64. The van der Waals surface area contributed by atoms with E-state index >= 15 is 0 Å².